The molecule has 1 aliphatic rings. The molecule has 0 fully saturated rings. The summed E-state index contributed by atoms with van der Waals surface area (Å²) in [5, 5.41) is 9.74. The zero-order chi connectivity index (χ0) is 14.8. The molecular weight excluding hydrogens is 267 g/mol. The van der Waals surface area contributed by atoms with Gasteiger partial charge in [-0.2, -0.15) is 0 Å². The first kappa shape index (κ1) is 14.1. The largest absolute Gasteiger partial charge is 0.457 e. The van der Waals surface area contributed by atoms with E-state index in [1.165, 1.54) is 37.0 Å². The Morgan fingerprint density at radius 2 is 1.86 bits per heavy atom. The number of fused-ring (bicyclic) bond motifs is 1. The Hall–Kier alpha value is -1.87. The van der Waals surface area contributed by atoms with E-state index in [-0.39, 0.29) is 5.56 Å². The molecule has 0 heterocycles. The Bertz CT molecular complexity index is 650. The molecule has 0 bridgehead atoms. The van der Waals surface area contributed by atoms with Gasteiger partial charge in [0.2, 0.25) is 0 Å². The third-order valence-electron chi connectivity index (χ3n) is 3.98. The molecule has 0 saturated carbocycles. The summed E-state index contributed by atoms with van der Waals surface area (Å²) in [5.41, 5.74) is 2.90. The fourth-order valence-electron chi connectivity index (χ4n) is 2.91. The molecule has 0 radical (unpaired) electrons. The van der Waals surface area contributed by atoms with Gasteiger partial charge < -0.3 is 9.84 Å². The van der Waals surface area contributed by atoms with Crippen LogP contribution in [0.5, 0.6) is 11.5 Å². The average Bonchev–Trinajstić information content (AvgIpc) is 2.47. The van der Waals surface area contributed by atoms with Gasteiger partial charge in [-0.05, 0) is 68.0 Å². The molecule has 110 valence electrons. The third kappa shape index (κ3) is 2.93. The van der Waals surface area contributed by atoms with E-state index in [0.717, 1.165) is 12.8 Å². The third-order valence-corrected chi connectivity index (χ3v) is 3.98. The lowest BCUT2D eigenvalue weighted by Gasteiger charge is -2.18. The first-order valence-corrected chi connectivity index (χ1v) is 7.41. The van der Waals surface area contributed by atoms with Crippen molar-refractivity contribution in [3.8, 4) is 11.5 Å². The van der Waals surface area contributed by atoms with Crippen LogP contribution in [0.2, 0.25) is 0 Å². The topological polar surface area (TPSA) is 29.5 Å². The van der Waals surface area contributed by atoms with Crippen LogP contribution >= 0.6 is 0 Å². The van der Waals surface area contributed by atoms with Crippen molar-refractivity contribution in [3.05, 3.63) is 58.9 Å². The normalized spacial score (nSPS) is 15.4. The molecule has 3 heteroatoms. The molecule has 2 aromatic carbocycles. The van der Waals surface area contributed by atoms with Crippen molar-refractivity contribution in [1.82, 2.24) is 0 Å². The number of hydrogen-bond donors (Lipinski definition) is 1. The van der Waals surface area contributed by atoms with Crippen LogP contribution in [0.3, 0.4) is 0 Å². The molecule has 0 amide bonds. The van der Waals surface area contributed by atoms with Gasteiger partial charge in [0.15, 0.2) is 0 Å². The van der Waals surface area contributed by atoms with Crippen molar-refractivity contribution in [2.75, 3.05) is 0 Å². The van der Waals surface area contributed by atoms with Crippen molar-refractivity contribution >= 4 is 0 Å². The minimum Gasteiger partial charge on any atom is -0.457 e. The van der Waals surface area contributed by atoms with Gasteiger partial charge in [-0.25, -0.2) is 4.39 Å². The molecular formula is C18H19FO2. The minimum atomic E-state index is -0.904. The molecule has 2 nitrogen and oxygen atoms in total. The molecule has 21 heavy (non-hydrogen) atoms. The molecule has 1 aliphatic carbocycles. The summed E-state index contributed by atoms with van der Waals surface area (Å²) in [6, 6.07) is 10.7. The smallest absolute Gasteiger partial charge is 0.136 e. The van der Waals surface area contributed by atoms with E-state index in [0.29, 0.717) is 11.5 Å². The molecule has 0 spiro atoms. The van der Waals surface area contributed by atoms with Crippen LogP contribution in [0.4, 0.5) is 4.39 Å². The number of rotatable bonds is 3. The maximum absolute atomic E-state index is 13.8. The first-order valence-electron chi connectivity index (χ1n) is 7.41. The lowest BCUT2D eigenvalue weighted by atomic mass is 9.92. The van der Waals surface area contributed by atoms with Crippen molar-refractivity contribution in [2.24, 2.45) is 0 Å². The minimum absolute atomic E-state index is 0.204. The number of benzene rings is 2. The van der Waals surface area contributed by atoms with Gasteiger partial charge in [0.1, 0.15) is 17.3 Å². The van der Waals surface area contributed by atoms with E-state index in [1.807, 2.05) is 12.1 Å². The van der Waals surface area contributed by atoms with Gasteiger partial charge >= 0.3 is 0 Å². The summed E-state index contributed by atoms with van der Waals surface area (Å²) in [6.07, 6.45) is 3.73. The van der Waals surface area contributed by atoms with Crippen LogP contribution in [0, 0.1) is 5.82 Å². The van der Waals surface area contributed by atoms with Crippen molar-refractivity contribution < 1.29 is 14.2 Å². The summed E-state index contributed by atoms with van der Waals surface area (Å²) >= 11 is 0. The second-order valence-corrected chi connectivity index (χ2v) is 5.57. The first-order chi connectivity index (χ1) is 10.1. The number of aryl methyl sites for hydroxylation is 2. The Morgan fingerprint density at radius 3 is 2.62 bits per heavy atom. The van der Waals surface area contributed by atoms with E-state index >= 15 is 0 Å². The fourth-order valence-corrected chi connectivity index (χ4v) is 2.91. The summed E-state index contributed by atoms with van der Waals surface area (Å²) < 4.78 is 19.7. The Balaban J connectivity index is 1.92. The van der Waals surface area contributed by atoms with Crippen LogP contribution in [-0.2, 0) is 12.8 Å². The fraction of sp³-hybridized carbons (Fsp3) is 0.333. The maximum atomic E-state index is 13.8. The highest BCUT2D eigenvalue weighted by molar-refractivity contribution is 5.43. The summed E-state index contributed by atoms with van der Waals surface area (Å²) in [7, 11) is 0. The van der Waals surface area contributed by atoms with Gasteiger partial charge in [-0.1, -0.05) is 12.1 Å². The van der Waals surface area contributed by atoms with Crippen LogP contribution < -0.4 is 4.74 Å². The Labute approximate surface area is 124 Å². The highest BCUT2D eigenvalue weighted by Crippen LogP contribution is 2.33. The van der Waals surface area contributed by atoms with Crippen LogP contribution in [-0.4, -0.2) is 5.11 Å². The number of hydrogen-bond acceptors (Lipinski definition) is 2. The lowest BCUT2D eigenvalue weighted by molar-refractivity contribution is 0.190. The molecule has 1 unspecified atom stereocenters. The Morgan fingerprint density at radius 1 is 1.10 bits per heavy atom. The van der Waals surface area contributed by atoms with Crippen molar-refractivity contribution in [2.45, 2.75) is 38.7 Å². The van der Waals surface area contributed by atoms with Crippen molar-refractivity contribution in [1.29, 1.82) is 0 Å². The second-order valence-electron chi connectivity index (χ2n) is 5.57. The van der Waals surface area contributed by atoms with E-state index < -0.39 is 11.9 Å². The van der Waals surface area contributed by atoms with E-state index in [2.05, 4.69) is 6.07 Å². The second kappa shape index (κ2) is 5.86. The Kier molecular flexibility index (Phi) is 3.93. The highest BCUT2D eigenvalue weighted by Gasteiger charge is 2.16. The lowest BCUT2D eigenvalue weighted by Crippen LogP contribution is -2.03. The van der Waals surface area contributed by atoms with E-state index in [4.69, 9.17) is 4.74 Å². The molecule has 1 N–H and O–H groups in total. The monoisotopic (exact) mass is 286 g/mol. The van der Waals surface area contributed by atoms with Crippen LogP contribution in [0.1, 0.15) is 42.6 Å². The maximum Gasteiger partial charge on any atom is 0.136 e. The predicted octanol–water partition coefficient (Wildman–Crippen LogP) is 4.55. The average molecular weight is 286 g/mol. The number of aliphatic hydroxyl groups excluding tert-OH is 1. The highest BCUT2D eigenvalue weighted by atomic mass is 19.1. The van der Waals surface area contributed by atoms with Crippen molar-refractivity contribution in [3.63, 3.8) is 0 Å². The standard InChI is InChI=1S/C18H19FO2/c1-12(20)18-16(19)7-4-8-17(18)21-15-10-9-13-5-2-3-6-14(13)11-15/h4,7-12,20H,2-3,5-6H2,1H3. The quantitative estimate of drug-likeness (QED) is 0.897. The zero-order valence-electron chi connectivity index (χ0n) is 12.1. The van der Waals surface area contributed by atoms with Gasteiger partial charge in [0.25, 0.3) is 0 Å². The molecule has 0 aliphatic heterocycles. The van der Waals surface area contributed by atoms with E-state index in [1.54, 1.807) is 12.1 Å². The van der Waals surface area contributed by atoms with Gasteiger partial charge in [-0.15, -0.1) is 0 Å². The molecule has 3 rings (SSSR count). The van der Waals surface area contributed by atoms with Crippen LogP contribution in [0.15, 0.2) is 36.4 Å². The summed E-state index contributed by atoms with van der Waals surface area (Å²) in [6.45, 7) is 1.54. The summed E-state index contributed by atoms with van der Waals surface area (Å²) in [4.78, 5) is 0. The van der Waals surface area contributed by atoms with Gasteiger partial charge in [0, 0.05) is 0 Å². The van der Waals surface area contributed by atoms with Gasteiger partial charge in [-0.3, -0.25) is 0 Å². The van der Waals surface area contributed by atoms with E-state index in [9.17, 15) is 9.50 Å². The number of halogens is 1. The zero-order valence-corrected chi connectivity index (χ0v) is 12.1. The molecule has 0 aromatic heterocycles. The number of aliphatic hydroxyl groups is 1. The number of ether oxygens (including phenoxy) is 1. The molecule has 0 saturated heterocycles. The van der Waals surface area contributed by atoms with Gasteiger partial charge in [0.05, 0.1) is 11.7 Å². The molecule has 1 atom stereocenters. The summed E-state index contributed by atoms with van der Waals surface area (Å²) in [5.74, 6) is 0.629. The molecule has 2 aromatic rings. The predicted molar refractivity (Wildman–Crippen MR) is 80.2 cm³/mol. The SMILES string of the molecule is CC(O)c1c(F)cccc1Oc1ccc2c(c1)CCCC2. The van der Waals surface area contributed by atoms with Crippen LogP contribution in [0.25, 0.3) is 0 Å².